The molecule has 0 saturated heterocycles. The highest BCUT2D eigenvalue weighted by Gasteiger charge is 2.34. The Balaban J connectivity index is 2.69. The van der Waals surface area contributed by atoms with E-state index in [0.29, 0.717) is 13.2 Å². The number of rotatable bonds is 8. The normalized spacial score (nSPS) is 13.1. The highest BCUT2D eigenvalue weighted by atomic mass is 32.1. The van der Waals surface area contributed by atoms with Crippen LogP contribution >= 0.6 is 11.3 Å². The van der Waals surface area contributed by atoms with Crippen LogP contribution in [-0.4, -0.2) is 37.3 Å². The number of nitrogens with zero attached hydrogens (tertiary/aromatic N) is 1. The van der Waals surface area contributed by atoms with Crippen LogP contribution in [0.3, 0.4) is 0 Å². The van der Waals surface area contributed by atoms with Crippen LogP contribution in [0.1, 0.15) is 39.8 Å². The molecule has 20 heavy (non-hydrogen) atoms. The van der Waals surface area contributed by atoms with Gasteiger partial charge in [-0.05, 0) is 34.1 Å². The molecule has 1 atom stereocenters. The van der Waals surface area contributed by atoms with Crippen molar-refractivity contribution < 1.29 is 14.3 Å². The molecule has 0 aliphatic carbocycles. The molecule has 1 unspecified atom stereocenters. The first-order chi connectivity index (χ1) is 9.41. The SMILES string of the molecule is CCOC(=O)C(C)(C)c1csc(NC(C)CCOC)n1. The van der Waals surface area contributed by atoms with Crippen LogP contribution in [0.2, 0.25) is 0 Å². The van der Waals surface area contributed by atoms with E-state index in [2.05, 4.69) is 17.2 Å². The maximum absolute atomic E-state index is 11.9. The third-order valence-electron chi connectivity index (χ3n) is 3.06. The van der Waals surface area contributed by atoms with Gasteiger partial charge < -0.3 is 14.8 Å². The van der Waals surface area contributed by atoms with E-state index in [0.717, 1.165) is 17.2 Å². The number of nitrogens with one attached hydrogen (secondary N) is 1. The van der Waals surface area contributed by atoms with Gasteiger partial charge in [-0.2, -0.15) is 0 Å². The molecular weight excluding hydrogens is 276 g/mol. The Kier molecular flexibility index (Phi) is 6.42. The lowest BCUT2D eigenvalue weighted by Gasteiger charge is -2.19. The molecule has 114 valence electrons. The molecule has 1 heterocycles. The number of carbonyl (C=O) groups excluding carboxylic acids is 1. The van der Waals surface area contributed by atoms with Crippen molar-refractivity contribution in [1.29, 1.82) is 0 Å². The average Bonchev–Trinajstić information content (AvgIpc) is 2.85. The monoisotopic (exact) mass is 300 g/mol. The van der Waals surface area contributed by atoms with Crippen LogP contribution in [0.5, 0.6) is 0 Å². The first-order valence-electron chi connectivity index (χ1n) is 6.80. The lowest BCUT2D eigenvalue weighted by molar-refractivity contribution is -0.148. The van der Waals surface area contributed by atoms with Gasteiger partial charge in [-0.15, -0.1) is 11.3 Å². The highest BCUT2D eigenvalue weighted by molar-refractivity contribution is 7.13. The Morgan fingerprint density at radius 1 is 1.55 bits per heavy atom. The zero-order valence-corrected chi connectivity index (χ0v) is 13.7. The zero-order valence-electron chi connectivity index (χ0n) is 12.9. The summed E-state index contributed by atoms with van der Waals surface area (Å²) in [6, 6.07) is 0.277. The Morgan fingerprint density at radius 2 is 2.25 bits per heavy atom. The molecule has 0 amide bonds. The number of aromatic nitrogens is 1. The molecule has 0 bridgehead atoms. The summed E-state index contributed by atoms with van der Waals surface area (Å²) >= 11 is 1.50. The van der Waals surface area contributed by atoms with E-state index in [1.807, 2.05) is 19.2 Å². The van der Waals surface area contributed by atoms with Gasteiger partial charge in [-0.25, -0.2) is 4.98 Å². The molecule has 5 nitrogen and oxygen atoms in total. The molecule has 0 fully saturated rings. The summed E-state index contributed by atoms with van der Waals surface area (Å²) < 4.78 is 10.1. The summed E-state index contributed by atoms with van der Waals surface area (Å²) in [6.45, 7) is 8.64. The molecule has 0 saturated carbocycles. The number of thiazole rings is 1. The van der Waals surface area contributed by atoms with Crippen LogP contribution in [0.15, 0.2) is 5.38 Å². The van der Waals surface area contributed by atoms with E-state index < -0.39 is 5.41 Å². The van der Waals surface area contributed by atoms with Crippen molar-refractivity contribution in [1.82, 2.24) is 4.98 Å². The van der Waals surface area contributed by atoms with Crippen molar-refractivity contribution in [2.45, 2.75) is 45.6 Å². The third-order valence-corrected chi connectivity index (χ3v) is 3.83. The van der Waals surface area contributed by atoms with E-state index in [1.165, 1.54) is 11.3 Å². The number of anilines is 1. The van der Waals surface area contributed by atoms with Crippen molar-refractivity contribution in [3.05, 3.63) is 11.1 Å². The first kappa shape index (κ1) is 16.9. The molecule has 0 aliphatic rings. The summed E-state index contributed by atoms with van der Waals surface area (Å²) in [7, 11) is 1.69. The van der Waals surface area contributed by atoms with Gasteiger partial charge >= 0.3 is 5.97 Å². The van der Waals surface area contributed by atoms with Gasteiger partial charge in [0.25, 0.3) is 0 Å². The summed E-state index contributed by atoms with van der Waals surface area (Å²) in [4.78, 5) is 16.4. The van der Waals surface area contributed by atoms with Gasteiger partial charge in [-0.3, -0.25) is 4.79 Å². The second-order valence-corrected chi connectivity index (χ2v) is 6.07. The first-order valence-corrected chi connectivity index (χ1v) is 7.68. The minimum atomic E-state index is -0.720. The Labute approximate surface area is 124 Å². The molecule has 1 aromatic heterocycles. The summed E-state index contributed by atoms with van der Waals surface area (Å²) in [5.41, 5.74) is 0.0183. The number of methoxy groups -OCH3 is 1. The Morgan fingerprint density at radius 3 is 2.85 bits per heavy atom. The van der Waals surface area contributed by atoms with Crippen LogP contribution in [0, 0.1) is 0 Å². The van der Waals surface area contributed by atoms with Crippen molar-refractivity contribution in [2.24, 2.45) is 0 Å². The number of esters is 1. The molecule has 0 radical (unpaired) electrons. The fraction of sp³-hybridized carbons (Fsp3) is 0.714. The Hall–Kier alpha value is -1.14. The third kappa shape index (κ3) is 4.45. The number of ether oxygens (including phenoxy) is 2. The lowest BCUT2D eigenvalue weighted by Crippen LogP contribution is -2.31. The van der Waals surface area contributed by atoms with E-state index in [-0.39, 0.29) is 12.0 Å². The van der Waals surface area contributed by atoms with E-state index in [1.54, 1.807) is 14.0 Å². The number of hydrogen-bond donors (Lipinski definition) is 1. The summed E-state index contributed by atoms with van der Waals surface area (Å²) in [5, 5.41) is 6.04. The standard InChI is InChI=1S/C14H24N2O3S/c1-6-19-12(17)14(3,4)11-9-20-13(16-11)15-10(2)7-8-18-5/h9-10H,6-8H2,1-5H3,(H,15,16). The van der Waals surface area contributed by atoms with Gasteiger partial charge in [0, 0.05) is 25.1 Å². The highest BCUT2D eigenvalue weighted by Crippen LogP contribution is 2.28. The second-order valence-electron chi connectivity index (χ2n) is 5.21. The maximum Gasteiger partial charge on any atom is 0.317 e. The smallest absolute Gasteiger partial charge is 0.317 e. The second kappa shape index (κ2) is 7.59. The Bertz CT molecular complexity index is 432. The van der Waals surface area contributed by atoms with Gasteiger partial charge in [0.2, 0.25) is 0 Å². The van der Waals surface area contributed by atoms with Crippen molar-refractivity contribution in [3.63, 3.8) is 0 Å². The minimum Gasteiger partial charge on any atom is -0.465 e. The van der Waals surface area contributed by atoms with Crippen molar-refractivity contribution in [2.75, 3.05) is 25.6 Å². The fourth-order valence-electron chi connectivity index (χ4n) is 1.62. The van der Waals surface area contributed by atoms with E-state index in [4.69, 9.17) is 9.47 Å². The predicted octanol–water partition coefficient (Wildman–Crippen LogP) is 2.82. The van der Waals surface area contributed by atoms with Gasteiger partial charge in [0.1, 0.15) is 5.41 Å². The van der Waals surface area contributed by atoms with Crippen LogP contribution < -0.4 is 5.32 Å². The molecule has 0 spiro atoms. The molecule has 1 N–H and O–H groups in total. The molecule has 1 aromatic rings. The molecule has 1 rings (SSSR count). The van der Waals surface area contributed by atoms with Crippen LogP contribution in [0.4, 0.5) is 5.13 Å². The quantitative estimate of drug-likeness (QED) is 0.748. The van der Waals surface area contributed by atoms with E-state index >= 15 is 0 Å². The van der Waals surface area contributed by atoms with Crippen molar-refractivity contribution in [3.8, 4) is 0 Å². The van der Waals surface area contributed by atoms with Gasteiger partial charge in [0.05, 0.1) is 12.3 Å². The number of hydrogen-bond acceptors (Lipinski definition) is 6. The van der Waals surface area contributed by atoms with Gasteiger partial charge in [-0.1, -0.05) is 0 Å². The fourth-order valence-corrected chi connectivity index (χ4v) is 2.61. The zero-order chi connectivity index (χ0) is 15.2. The van der Waals surface area contributed by atoms with Crippen LogP contribution in [-0.2, 0) is 19.7 Å². The average molecular weight is 300 g/mol. The van der Waals surface area contributed by atoms with E-state index in [9.17, 15) is 4.79 Å². The van der Waals surface area contributed by atoms with Gasteiger partial charge in [0.15, 0.2) is 5.13 Å². The predicted molar refractivity (Wildman–Crippen MR) is 81.4 cm³/mol. The molecule has 0 aromatic carbocycles. The molecule has 0 aliphatic heterocycles. The summed E-state index contributed by atoms with van der Waals surface area (Å²) in [5.74, 6) is -0.246. The minimum absolute atomic E-state index is 0.246. The number of carbonyl (C=O) groups is 1. The maximum atomic E-state index is 11.9. The van der Waals surface area contributed by atoms with Crippen LogP contribution in [0.25, 0.3) is 0 Å². The molecule has 6 heteroatoms. The largest absolute Gasteiger partial charge is 0.465 e. The lowest BCUT2D eigenvalue weighted by atomic mass is 9.90. The summed E-state index contributed by atoms with van der Waals surface area (Å²) in [6.07, 6.45) is 0.909. The van der Waals surface area contributed by atoms with Crippen molar-refractivity contribution >= 4 is 22.4 Å². The molecular formula is C14H24N2O3S. The topological polar surface area (TPSA) is 60.5 Å².